The van der Waals surface area contributed by atoms with Crippen LogP contribution in [0.3, 0.4) is 0 Å². The fourth-order valence-electron chi connectivity index (χ4n) is 2.12. The molecule has 1 amide bonds. The number of hydrogen-bond acceptors (Lipinski definition) is 5. The second-order valence-corrected chi connectivity index (χ2v) is 6.55. The maximum Gasteiger partial charge on any atom is 0.282 e. The number of ether oxygens (including phenoxy) is 2. The molecule has 0 fully saturated rings. The van der Waals surface area contributed by atoms with Crippen LogP contribution in [0.4, 0.5) is 0 Å². The van der Waals surface area contributed by atoms with Gasteiger partial charge in [-0.15, -0.1) is 4.83 Å². The number of nitrogens with one attached hydrogen (secondary N) is 2. The topological polar surface area (TPSA) is 98.7 Å². The third kappa shape index (κ3) is 3.15. The fraction of sp³-hybridized carbons (Fsp3) is 0.214. The third-order valence-electron chi connectivity index (χ3n) is 3.30. The van der Waals surface area contributed by atoms with E-state index in [1.165, 1.54) is 18.2 Å². The molecule has 122 valence electrons. The van der Waals surface area contributed by atoms with Crippen LogP contribution < -0.4 is 19.7 Å². The highest BCUT2D eigenvalue weighted by molar-refractivity contribution is 7.89. The number of rotatable bonds is 4. The number of fused-ring (bicyclic) bond motifs is 1. The smallest absolute Gasteiger partial charge is 0.282 e. The Morgan fingerprint density at radius 3 is 2.61 bits per heavy atom. The highest BCUT2D eigenvalue weighted by Gasteiger charge is 2.20. The number of amides is 1. The molecule has 1 aromatic carbocycles. The number of aryl methyl sites for hydroxylation is 1. The molecule has 2 N–H and O–H groups in total. The van der Waals surface area contributed by atoms with E-state index in [1.807, 2.05) is 0 Å². The van der Waals surface area contributed by atoms with Crippen LogP contribution in [0.2, 0.25) is 0 Å². The highest BCUT2D eigenvalue weighted by Crippen LogP contribution is 2.31. The number of benzene rings is 1. The molecule has 0 unspecified atom stereocenters. The van der Waals surface area contributed by atoms with Crippen molar-refractivity contribution in [1.29, 1.82) is 0 Å². The number of nitrogens with zero attached hydrogens (tertiary/aromatic N) is 1. The standard InChI is InChI=1S/C14H15N3O5S/c1-17-6-2-3-11(17)14(18)15-16-23(19,20)10-4-5-12-13(9-10)22-8-7-21-12/h2-6,9,16H,7-8H2,1H3,(H,15,18). The average molecular weight is 337 g/mol. The van der Waals surface area contributed by atoms with Gasteiger partial charge in [-0.3, -0.25) is 10.2 Å². The van der Waals surface area contributed by atoms with Crippen LogP contribution in [0, 0.1) is 0 Å². The Balaban J connectivity index is 1.74. The van der Waals surface area contributed by atoms with E-state index in [1.54, 1.807) is 29.9 Å². The molecule has 9 heteroatoms. The molecule has 0 saturated carbocycles. The van der Waals surface area contributed by atoms with Crippen LogP contribution >= 0.6 is 0 Å². The summed E-state index contributed by atoms with van der Waals surface area (Å²) in [5.41, 5.74) is 2.50. The molecule has 0 radical (unpaired) electrons. The number of aromatic nitrogens is 1. The maximum absolute atomic E-state index is 12.2. The normalized spacial score (nSPS) is 13.6. The lowest BCUT2D eigenvalue weighted by molar-refractivity contribution is 0.0937. The molecule has 3 rings (SSSR count). The lowest BCUT2D eigenvalue weighted by Crippen LogP contribution is -2.42. The first-order valence-electron chi connectivity index (χ1n) is 6.80. The van der Waals surface area contributed by atoms with Crippen LogP contribution in [0.15, 0.2) is 41.4 Å². The van der Waals surface area contributed by atoms with Crippen LogP contribution in [-0.4, -0.2) is 32.1 Å². The summed E-state index contributed by atoms with van der Waals surface area (Å²) < 4.78 is 36.8. The first kappa shape index (κ1) is 15.4. The summed E-state index contributed by atoms with van der Waals surface area (Å²) in [5.74, 6) is 0.287. The van der Waals surface area contributed by atoms with Crippen molar-refractivity contribution in [1.82, 2.24) is 14.8 Å². The van der Waals surface area contributed by atoms with E-state index in [2.05, 4.69) is 10.3 Å². The fourth-order valence-corrected chi connectivity index (χ4v) is 2.98. The van der Waals surface area contributed by atoms with Crippen molar-refractivity contribution in [2.24, 2.45) is 7.05 Å². The molecule has 8 nitrogen and oxygen atoms in total. The Morgan fingerprint density at radius 1 is 1.17 bits per heavy atom. The van der Waals surface area contributed by atoms with Gasteiger partial charge in [-0.1, -0.05) is 0 Å². The molecule has 0 saturated heterocycles. The first-order chi connectivity index (χ1) is 11.0. The Morgan fingerprint density at radius 2 is 1.91 bits per heavy atom. The summed E-state index contributed by atoms with van der Waals surface area (Å²) in [7, 11) is -2.23. The van der Waals surface area contributed by atoms with E-state index >= 15 is 0 Å². The first-order valence-corrected chi connectivity index (χ1v) is 8.29. The molecule has 1 aliphatic rings. The number of hydrogen-bond donors (Lipinski definition) is 2. The summed E-state index contributed by atoms with van der Waals surface area (Å²) in [6, 6.07) is 7.51. The van der Waals surface area contributed by atoms with E-state index in [0.717, 1.165) is 0 Å². The van der Waals surface area contributed by atoms with Crippen molar-refractivity contribution in [2.45, 2.75) is 4.90 Å². The van der Waals surface area contributed by atoms with Crippen molar-refractivity contribution in [2.75, 3.05) is 13.2 Å². The second kappa shape index (κ2) is 5.94. The van der Waals surface area contributed by atoms with Crippen molar-refractivity contribution < 1.29 is 22.7 Å². The SMILES string of the molecule is Cn1cccc1C(=O)NNS(=O)(=O)c1ccc2c(c1)OCCO2. The Hall–Kier alpha value is -2.52. The summed E-state index contributed by atoms with van der Waals surface area (Å²) >= 11 is 0. The number of hydrazine groups is 1. The summed E-state index contributed by atoms with van der Waals surface area (Å²) in [6.45, 7) is 0.776. The van der Waals surface area contributed by atoms with Gasteiger partial charge in [0.25, 0.3) is 15.9 Å². The van der Waals surface area contributed by atoms with Gasteiger partial charge in [-0.2, -0.15) is 0 Å². The van der Waals surface area contributed by atoms with Crippen LogP contribution in [0.5, 0.6) is 11.5 Å². The number of carbonyl (C=O) groups excluding carboxylic acids is 1. The molecule has 2 heterocycles. The minimum Gasteiger partial charge on any atom is -0.486 e. The van der Waals surface area contributed by atoms with E-state index < -0.39 is 15.9 Å². The molecule has 0 atom stereocenters. The van der Waals surface area contributed by atoms with Crippen molar-refractivity contribution >= 4 is 15.9 Å². The number of carbonyl (C=O) groups is 1. The number of sulfonamides is 1. The van der Waals surface area contributed by atoms with Gasteiger partial charge < -0.3 is 14.0 Å². The quantitative estimate of drug-likeness (QED) is 0.788. The predicted octanol–water partition coefficient (Wildman–Crippen LogP) is 0.420. The second-order valence-electron chi connectivity index (χ2n) is 4.87. The monoisotopic (exact) mass is 337 g/mol. The molecule has 0 bridgehead atoms. The molecule has 23 heavy (non-hydrogen) atoms. The van der Waals surface area contributed by atoms with Gasteiger partial charge in [0.2, 0.25) is 0 Å². The maximum atomic E-state index is 12.2. The molecule has 0 spiro atoms. The molecule has 0 aliphatic carbocycles. The summed E-state index contributed by atoms with van der Waals surface area (Å²) in [4.78, 5) is 14.0. The summed E-state index contributed by atoms with van der Waals surface area (Å²) in [5, 5.41) is 0. The Kier molecular flexibility index (Phi) is 3.97. The van der Waals surface area contributed by atoms with Gasteiger partial charge in [-0.05, 0) is 24.3 Å². The largest absolute Gasteiger partial charge is 0.486 e. The molecule has 2 aromatic rings. The zero-order valence-corrected chi connectivity index (χ0v) is 13.1. The van der Waals surface area contributed by atoms with Gasteiger partial charge in [0, 0.05) is 19.3 Å². The summed E-state index contributed by atoms with van der Waals surface area (Å²) in [6.07, 6.45) is 1.68. The van der Waals surface area contributed by atoms with Crippen LogP contribution in [0.25, 0.3) is 0 Å². The van der Waals surface area contributed by atoms with Crippen LogP contribution in [-0.2, 0) is 17.1 Å². The van der Waals surface area contributed by atoms with E-state index in [0.29, 0.717) is 30.4 Å². The highest BCUT2D eigenvalue weighted by atomic mass is 32.2. The van der Waals surface area contributed by atoms with Gasteiger partial charge in [0.15, 0.2) is 11.5 Å². The Labute approximate surface area is 133 Å². The predicted molar refractivity (Wildman–Crippen MR) is 80.6 cm³/mol. The van der Waals surface area contributed by atoms with Gasteiger partial charge in [0.05, 0.1) is 4.90 Å². The van der Waals surface area contributed by atoms with Crippen LogP contribution in [0.1, 0.15) is 10.5 Å². The van der Waals surface area contributed by atoms with Crippen molar-refractivity contribution in [3.8, 4) is 11.5 Å². The Bertz CT molecular complexity index is 844. The van der Waals surface area contributed by atoms with Gasteiger partial charge >= 0.3 is 0 Å². The minimum absolute atomic E-state index is 0.0334. The van der Waals surface area contributed by atoms with E-state index in [-0.39, 0.29) is 4.90 Å². The van der Waals surface area contributed by atoms with E-state index in [4.69, 9.17) is 9.47 Å². The molecular formula is C14H15N3O5S. The average Bonchev–Trinajstić information content (AvgIpc) is 2.98. The van der Waals surface area contributed by atoms with E-state index in [9.17, 15) is 13.2 Å². The van der Waals surface area contributed by atoms with Crippen molar-refractivity contribution in [3.05, 3.63) is 42.2 Å². The lowest BCUT2D eigenvalue weighted by atomic mass is 10.3. The lowest BCUT2D eigenvalue weighted by Gasteiger charge is -2.19. The third-order valence-corrected chi connectivity index (χ3v) is 4.54. The molecule has 1 aliphatic heterocycles. The van der Waals surface area contributed by atoms with Gasteiger partial charge in [0.1, 0.15) is 18.9 Å². The zero-order chi connectivity index (χ0) is 16.4. The van der Waals surface area contributed by atoms with Crippen molar-refractivity contribution in [3.63, 3.8) is 0 Å². The minimum atomic E-state index is -3.92. The van der Waals surface area contributed by atoms with Gasteiger partial charge in [-0.25, -0.2) is 8.42 Å². The zero-order valence-electron chi connectivity index (χ0n) is 12.3. The molecular weight excluding hydrogens is 322 g/mol. The molecule has 1 aromatic heterocycles.